The number of carbonyl (C=O) groups is 2. The fourth-order valence-electron chi connectivity index (χ4n) is 4.31. The largest absolute Gasteiger partial charge is 0.458 e. The molecule has 0 radical (unpaired) electrons. The third kappa shape index (κ3) is 8.10. The minimum atomic E-state index is -4.59. The summed E-state index contributed by atoms with van der Waals surface area (Å²) < 4.78 is 48.4. The molecule has 0 aliphatic heterocycles. The third-order valence-electron chi connectivity index (χ3n) is 5.86. The normalized spacial score (nSPS) is 19.7. The average molecular weight is 437 g/mol. The van der Waals surface area contributed by atoms with E-state index >= 15 is 0 Å². The van der Waals surface area contributed by atoms with Crippen molar-refractivity contribution in [3.63, 3.8) is 0 Å². The van der Waals surface area contributed by atoms with Crippen LogP contribution in [0.2, 0.25) is 0 Å². The molecule has 0 N–H and O–H groups in total. The molecule has 0 spiro atoms. The Balaban J connectivity index is 3.16. The van der Waals surface area contributed by atoms with Gasteiger partial charge in [0, 0.05) is 0 Å². The van der Waals surface area contributed by atoms with Gasteiger partial charge in [0.1, 0.15) is 5.60 Å². The zero-order valence-corrected chi connectivity index (χ0v) is 19.6. The van der Waals surface area contributed by atoms with E-state index in [0.717, 1.165) is 19.3 Å². The number of halogens is 3. The minimum Gasteiger partial charge on any atom is -0.458 e. The van der Waals surface area contributed by atoms with E-state index in [-0.39, 0.29) is 29.1 Å². The maximum atomic E-state index is 13.3. The second-order valence-electron chi connectivity index (χ2n) is 10.9. The highest BCUT2D eigenvalue weighted by molar-refractivity contribution is 5.77. The van der Waals surface area contributed by atoms with Crippen LogP contribution in [0.15, 0.2) is 0 Å². The van der Waals surface area contributed by atoms with Gasteiger partial charge in [-0.2, -0.15) is 13.2 Å². The first-order chi connectivity index (χ1) is 13.5. The molecule has 0 aromatic heterocycles. The first-order valence-corrected chi connectivity index (χ1v) is 11.0. The van der Waals surface area contributed by atoms with Crippen LogP contribution in [0.3, 0.4) is 0 Å². The maximum Gasteiger partial charge on any atom is 0.422 e. The summed E-state index contributed by atoms with van der Waals surface area (Å²) in [5.41, 5.74) is -1.56. The van der Waals surface area contributed by atoms with Gasteiger partial charge in [-0.15, -0.1) is 0 Å². The Hall–Kier alpha value is -1.27. The van der Waals surface area contributed by atoms with Crippen molar-refractivity contribution in [3.05, 3.63) is 0 Å². The van der Waals surface area contributed by atoms with E-state index in [2.05, 4.69) is 25.5 Å². The lowest BCUT2D eigenvalue weighted by Crippen LogP contribution is -2.50. The lowest BCUT2D eigenvalue weighted by molar-refractivity contribution is -0.203. The van der Waals surface area contributed by atoms with Gasteiger partial charge in [-0.3, -0.25) is 9.59 Å². The Morgan fingerprint density at radius 1 is 0.933 bits per heavy atom. The smallest absolute Gasteiger partial charge is 0.422 e. The predicted molar refractivity (Wildman–Crippen MR) is 110 cm³/mol. The Bertz CT molecular complexity index is 579. The summed E-state index contributed by atoms with van der Waals surface area (Å²) in [6.07, 6.45) is -0.336. The van der Waals surface area contributed by atoms with Crippen molar-refractivity contribution in [1.29, 1.82) is 0 Å². The fraction of sp³-hybridized carbons (Fsp3) is 0.913. The summed E-state index contributed by atoms with van der Waals surface area (Å²) in [5.74, 6) is -2.60. The Kier molecular flexibility index (Phi) is 8.83. The second kappa shape index (κ2) is 9.90. The molecule has 4 nitrogen and oxygen atoms in total. The van der Waals surface area contributed by atoms with Crippen LogP contribution in [-0.4, -0.2) is 30.3 Å². The molecule has 1 aliphatic carbocycles. The van der Waals surface area contributed by atoms with Crippen LogP contribution in [0, 0.1) is 22.7 Å². The summed E-state index contributed by atoms with van der Waals surface area (Å²) in [7, 11) is 0. The van der Waals surface area contributed by atoms with Gasteiger partial charge < -0.3 is 9.47 Å². The van der Waals surface area contributed by atoms with Crippen molar-refractivity contribution >= 4 is 11.9 Å². The van der Waals surface area contributed by atoms with Crippen molar-refractivity contribution in [2.45, 2.75) is 105 Å². The number of hydrogen-bond donors (Lipinski definition) is 0. The molecule has 2 atom stereocenters. The molecule has 1 aliphatic rings. The minimum absolute atomic E-state index is 0.105. The van der Waals surface area contributed by atoms with E-state index in [1.165, 1.54) is 0 Å². The molecule has 1 fully saturated rings. The summed E-state index contributed by atoms with van der Waals surface area (Å²) in [6.45, 7) is 12.2. The molecule has 0 aromatic carbocycles. The van der Waals surface area contributed by atoms with Crippen molar-refractivity contribution in [2.24, 2.45) is 22.7 Å². The number of hydrogen-bond acceptors (Lipinski definition) is 4. The number of rotatable bonds is 7. The zero-order chi connectivity index (χ0) is 23.4. The molecule has 176 valence electrons. The average Bonchev–Trinajstić information content (AvgIpc) is 2.57. The van der Waals surface area contributed by atoms with Crippen LogP contribution >= 0.6 is 0 Å². The van der Waals surface area contributed by atoms with Crippen LogP contribution in [0.4, 0.5) is 13.2 Å². The van der Waals surface area contributed by atoms with Crippen LogP contribution in [-0.2, 0) is 19.1 Å². The van der Waals surface area contributed by atoms with Crippen molar-refractivity contribution in [3.8, 4) is 0 Å². The summed E-state index contributed by atoms with van der Waals surface area (Å²) in [6, 6.07) is 0. The SMILES string of the molecule is CCC(C(=O)OCC(F)(F)F)C1(OC(=O)C(CC(C)(C)C)C(C)(C)C)CCCCC1. The van der Waals surface area contributed by atoms with Crippen molar-refractivity contribution in [2.75, 3.05) is 6.61 Å². The molecule has 2 unspecified atom stereocenters. The van der Waals surface area contributed by atoms with Crippen molar-refractivity contribution in [1.82, 2.24) is 0 Å². The standard InChI is InChI=1S/C23H39F3O4/c1-8-16(18(27)29-15-23(24,25)26)22(12-10-9-11-13-22)30-19(28)17(21(5,6)7)14-20(2,3)4/h16-17H,8-15H2,1-7H3. The summed E-state index contributed by atoms with van der Waals surface area (Å²) >= 11 is 0. The highest BCUT2D eigenvalue weighted by Crippen LogP contribution is 2.43. The van der Waals surface area contributed by atoms with E-state index < -0.39 is 30.3 Å². The topological polar surface area (TPSA) is 52.6 Å². The first kappa shape index (κ1) is 26.8. The molecular weight excluding hydrogens is 397 g/mol. The van der Waals surface area contributed by atoms with Crippen LogP contribution in [0.1, 0.15) is 93.4 Å². The number of alkyl halides is 3. The van der Waals surface area contributed by atoms with Gasteiger partial charge in [0.25, 0.3) is 0 Å². The molecule has 7 heteroatoms. The number of ether oxygens (including phenoxy) is 2. The van der Waals surface area contributed by atoms with Gasteiger partial charge in [0.15, 0.2) is 6.61 Å². The first-order valence-electron chi connectivity index (χ1n) is 11.0. The molecule has 0 bridgehead atoms. The molecule has 30 heavy (non-hydrogen) atoms. The molecule has 0 aromatic rings. The highest BCUT2D eigenvalue weighted by atomic mass is 19.4. The van der Waals surface area contributed by atoms with E-state index in [1.54, 1.807) is 6.92 Å². The lowest BCUT2D eigenvalue weighted by Gasteiger charge is -2.44. The lowest BCUT2D eigenvalue weighted by atomic mass is 9.71. The van der Waals surface area contributed by atoms with E-state index in [1.807, 2.05) is 20.8 Å². The van der Waals surface area contributed by atoms with Gasteiger partial charge in [-0.25, -0.2) is 0 Å². The molecule has 1 rings (SSSR count). The maximum absolute atomic E-state index is 13.3. The van der Waals surface area contributed by atoms with Crippen LogP contribution < -0.4 is 0 Å². The summed E-state index contributed by atoms with van der Waals surface area (Å²) in [5, 5.41) is 0. The number of carbonyl (C=O) groups excluding carboxylic acids is 2. The molecular formula is C23H39F3O4. The van der Waals surface area contributed by atoms with Gasteiger partial charge in [-0.05, 0) is 49.4 Å². The Morgan fingerprint density at radius 2 is 1.47 bits per heavy atom. The van der Waals surface area contributed by atoms with E-state index in [4.69, 9.17) is 4.74 Å². The third-order valence-corrected chi connectivity index (χ3v) is 5.86. The van der Waals surface area contributed by atoms with Gasteiger partial charge in [-0.1, -0.05) is 54.9 Å². The van der Waals surface area contributed by atoms with Gasteiger partial charge in [0.2, 0.25) is 0 Å². The van der Waals surface area contributed by atoms with Crippen molar-refractivity contribution < 1.29 is 32.2 Å². The summed E-state index contributed by atoms with van der Waals surface area (Å²) in [4.78, 5) is 25.9. The molecule has 0 amide bonds. The predicted octanol–water partition coefficient (Wildman–Crippen LogP) is 6.46. The molecule has 0 heterocycles. The Labute approximate surface area is 179 Å². The zero-order valence-electron chi connectivity index (χ0n) is 19.6. The molecule has 0 saturated heterocycles. The van der Waals surface area contributed by atoms with Crippen LogP contribution in [0.25, 0.3) is 0 Å². The van der Waals surface area contributed by atoms with Gasteiger partial charge >= 0.3 is 18.1 Å². The van der Waals surface area contributed by atoms with Gasteiger partial charge in [0.05, 0.1) is 11.8 Å². The molecule has 1 saturated carbocycles. The van der Waals surface area contributed by atoms with E-state index in [9.17, 15) is 22.8 Å². The van der Waals surface area contributed by atoms with Crippen LogP contribution in [0.5, 0.6) is 0 Å². The second-order valence-corrected chi connectivity index (χ2v) is 10.9. The fourth-order valence-corrected chi connectivity index (χ4v) is 4.31. The quantitative estimate of drug-likeness (QED) is 0.430. The monoisotopic (exact) mass is 436 g/mol. The Morgan fingerprint density at radius 3 is 1.87 bits per heavy atom. The number of esters is 2. The van der Waals surface area contributed by atoms with E-state index in [0.29, 0.717) is 19.3 Å². The highest BCUT2D eigenvalue weighted by Gasteiger charge is 2.49.